The summed E-state index contributed by atoms with van der Waals surface area (Å²) in [5.41, 5.74) is 7.77. The third-order valence-corrected chi connectivity index (χ3v) is 5.06. The Kier molecular flexibility index (Phi) is 3.41. The highest BCUT2D eigenvalue weighted by atomic mass is 32.2. The molecule has 0 radical (unpaired) electrons. The van der Waals surface area contributed by atoms with Crippen LogP contribution in [0, 0.1) is 6.92 Å². The number of hydrogen-bond acceptors (Lipinski definition) is 3. The monoisotopic (exact) mass is 265 g/mol. The molecule has 18 heavy (non-hydrogen) atoms. The Labute approximate surface area is 114 Å². The van der Waals surface area contributed by atoms with E-state index in [0.29, 0.717) is 5.25 Å². The molecule has 0 bridgehead atoms. The van der Waals surface area contributed by atoms with E-state index in [-0.39, 0.29) is 11.2 Å². The van der Waals surface area contributed by atoms with E-state index >= 15 is 0 Å². The largest absolute Gasteiger partial charge is 0.399 e. The molecule has 1 saturated heterocycles. The summed E-state index contributed by atoms with van der Waals surface area (Å²) in [7, 11) is 0. The molecular weight excluding hydrogens is 242 g/mol. The molecule has 1 unspecified atom stereocenters. The molecule has 2 rings (SSSR count). The van der Waals surface area contributed by atoms with Gasteiger partial charge in [0.15, 0.2) is 0 Å². The van der Waals surface area contributed by atoms with Crippen molar-refractivity contribution in [2.45, 2.75) is 62.4 Å². The van der Waals surface area contributed by atoms with Gasteiger partial charge in [0.2, 0.25) is 0 Å². The second kappa shape index (κ2) is 4.46. The first-order valence-electron chi connectivity index (χ1n) is 6.43. The molecule has 1 atom stereocenters. The van der Waals surface area contributed by atoms with Crippen LogP contribution in [0.15, 0.2) is 23.1 Å². The van der Waals surface area contributed by atoms with Gasteiger partial charge in [-0.15, -0.1) is 11.8 Å². The van der Waals surface area contributed by atoms with Crippen LogP contribution in [0.1, 0.15) is 39.7 Å². The Morgan fingerprint density at radius 2 is 1.94 bits per heavy atom. The number of nitrogens with two attached hydrogens (primary N) is 1. The normalized spacial score (nSPS) is 25.3. The van der Waals surface area contributed by atoms with Gasteiger partial charge in [-0.25, -0.2) is 0 Å². The quantitative estimate of drug-likeness (QED) is 0.820. The fourth-order valence-corrected chi connectivity index (χ4v) is 4.12. The molecule has 2 nitrogen and oxygen atoms in total. The summed E-state index contributed by atoms with van der Waals surface area (Å²) < 4.78 is 6.13. The minimum Gasteiger partial charge on any atom is -0.399 e. The SMILES string of the molecule is Cc1cc(SC2CC(C)(C)OC2(C)C)ccc1N. The maximum Gasteiger partial charge on any atom is 0.0756 e. The Morgan fingerprint density at radius 3 is 2.44 bits per heavy atom. The molecule has 1 aliphatic rings. The summed E-state index contributed by atoms with van der Waals surface area (Å²) in [6.07, 6.45) is 1.08. The van der Waals surface area contributed by atoms with E-state index < -0.39 is 0 Å². The number of ether oxygens (including phenoxy) is 1. The molecule has 100 valence electrons. The first-order valence-corrected chi connectivity index (χ1v) is 7.30. The molecule has 1 aliphatic heterocycles. The van der Waals surface area contributed by atoms with Gasteiger partial charge in [-0.2, -0.15) is 0 Å². The maximum atomic E-state index is 6.13. The van der Waals surface area contributed by atoms with Gasteiger partial charge < -0.3 is 10.5 Å². The number of hydrogen-bond donors (Lipinski definition) is 1. The zero-order valence-electron chi connectivity index (χ0n) is 11.9. The van der Waals surface area contributed by atoms with Crippen LogP contribution in [0.25, 0.3) is 0 Å². The van der Waals surface area contributed by atoms with E-state index in [1.54, 1.807) is 0 Å². The molecule has 1 aromatic rings. The average Bonchev–Trinajstić information content (AvgIpc) is 2.40. The van der Waals surface area contributed by atoms with Crippen molar-refractivity contribution in [2.75, 3.05) is 5.73 Å². The van der Waals surface area contributed by atoms with Gasteiger partial charge >= 0.3 is 0 Å². The van der Waals surface area contributed by atoms with E-state index in [1.807, 2.05) is 17.8 Å². The lowest BCUT2D eigenvalue weighted by Crippen LogP contribution is -2.30. The molecule has 1 heterocycles. The predicted molar refractivity (Wildman–Crippen MR) is 79.1 cm³/mol. The van der Waals surface area contributed by atoms with E-state index in [0.717, 1.165) is 17.7 Å². The predicted octanol–water partition coefficient (Wildman–Crippen LogP) is 4.02. The zero-order chi connectivity index (χ0) is 13.6. The van der Waals surface area contributed by atoms with Crippen LogP contribution in [-0.4, -0.2) is 16.5 Å². The second-order valence-corrected chi connectivity index (χ2v) is 7.57. The second-order valence-electron chi connectivity index (χ2n) is 6.29. The van der Waals surface area contributed by atoms with Gasteiger partial charge in [0, 0.05) is 15.8 Å². The van der Waals surface area contributed by atoms with Crippen LogP contribution in [-0.2, 0) is 4.74 Å². The van der Waals surface area contributed by atoms with Crippen LogP contribution in [0.4, 0.5) is 5.69 Å². The Balaban J connectivity index is 2.16. The zero-order valence-corrected chi connectivity index (χ0v) is 12.7. The third-order valence-electron chi connectivity index (χ3n) is 3.51. The number of rotatable bonds is 2. The van der Waals surface area contributed by atoms with Gasteiger partial charge in [-0.1, -0.05) is 0 Å². The van der Waals surface area contributed by atoms with Gasteiger partial charge in [-0.3, -0.25) is 0 Å². The van der Waals surface area contributed by atoms with Crippen molar-refractivity contribution in [3.63, 3.8) is 0 Å². The molecule has 0 aromatic heterocycles. The topological polar surface area (TPSA) is 35.2 Å². The summed E-state index contributed by atoms with van der Waals surface area (Å²) in [5.74, 6) is 0. The van der Waals surface area contributed by atoms with Crippen LogP contribution in [0.3, 0.4) is 0 Å². The molecule has 3 heteroatoms. The van der Waals surface area contributed by atoms with Crippen molar-refractivity contribution < 1.29 is 4.74 Å². The highest BCUT2D eigenvalue weighted by molar-refractivity contribution is 8.00. The van der Waals surface area contributed by atoms with Crippen LogP contribution in [0.2, 0.25) is 0 Å². The van der Waals surface area contributed by atoms with Crippen LogP contribution in [0.5, 0.6) is 0 Å². The van der Waals surface area contributed by atoms with E-state index in [9.17, 15) is 0 Å². The Morgan fingerprint density at radius 1 is 1.28 bits per heavy atom. The molecule has 0 saturated carbocycles. The number of benzene rings is 1. The van der Waals surface area contributed by atoms with E-state index in [4.69, 9.17) is 10.5 Å². The van der Waals surface area contributed by atoms with Crippen molar-refractivity contribution in [2.24, 2.45) is 0 Å². The maximum absolute atomic E-state index is 6.13. The Hall–Kier alpha value is -0.670. The fourth-order valence-electron chi connectivity index (χ4n) is 2.58. The number of anilines is 1. The van der Waals surface area contributed by atoms with Crippen molar-refractivity contribution in [3.8, 4) is 0 Å². The molecular formula is C15H23NOS. The lowest BCUT2D eigenvalue weighted by molar-refractivity contribution is -0.0631. The number of aryl methyl sites for hydroxylation is 1. The molecule has 1 fully saturated rings. The Bertz CT molecular complexity index is 454. The van der Waals surface area contributed by atoms with Gasteiger partial charge in [0.05, 0.1) is 11.2 Å². The van der Waals surface area contributed by atoms with Crippen molar-refractivity contribution >= 4 is 17.4 Å². The van der Waals surface area contributed by atoms with Crippen LogP contribution >= 0.6 is 11.8 Å². The highest BCUT2D eigenvalue weighted by Crippen LogP contribution is 2.46. The first kappa shape index (κ1) is 13.8. The van der Waals surface area contributed by atoms with Gasteiger partial charge in [0.25, 0.3) is 0 Å². The summed E-state index contributed by atoms with van der Waals surface area (Å²) in [6.45, 7) is 10.8. The molecule has 0 aliphatic carbocycles. The number of thioether (sulfide) groups is 1. The minimum absolute atomic E-state index is 0.0238. The highest BCUT2D eigenvalue weighted by Gasteiger charge is 2.46. The lowest BCUT2D eigenvalue weighted by atomic mass is 10.0. The molecule has 0 amide bonds. The van der Waals surface area contributed by atoms with E-state index in [2.05, 4.69) is 46.8 Å². The molecule has 2 N–H and O–H groups in total. The van der Waals surface area contributed by atoms with Crippen molar-refractivity contribution in [3.05, 3.63) is 23.8 Å². The standard InChI is InChI=1S/C15H23NOS/c1-10-8-11(6-7-12(10)16)18-13-9-14(2,3)17-15(13,4)5/h6-8,13H,9,16H2,1-5H3. The van der Waals surface area contributed by atoms with Gasteiger partial charge in [-0.05, 0) is 64.8 Å². The van der Waals surface area contributed by atoms with Crippen molar-refractivity contribution in [1.82, 2.24) is 0 Å². The van der Waals surface area contributed by atoms with Crippen molar-refractivity contribution in [1.29, 1.82) is 0 Å². The minimum atomic E-state index is -0.0799. The summed E-state index contributed by atoms with van der Waals surface area (Å²) in [6, 6.07) is 6.27. The molecule has 0 spiro atoms. The summed E-state index contributed by atoms with van der Waals surface area (Å²) in [4.78, 5) is 1.28. The fraction of sp³-hybridized carbons (Fsp3) is 0.600. The summed E-state index contributed by atoms with van der Waals surface area (Å²) in [5, 5.41) is 0.482. The van der Waals surface area contributed by atoms with E-state index in [1.165, 1.54) is 4.90 Å². The number of nitrogen functional groups attached to an aromatic ring is 1. The average molecular weight is 265 g/mol. The summed E-state index contributed by atoms with van der Waals surface area (Å²) >= 11 is 1.90. The smallest absolute Gasteiger partial charge is 0.0756 e. The first-order chi connectivity index (χ1) is 8.20. The molecule has 1 aromatic carbocycles. The van der Waals surface area contributed by atoms with Crippen LogP contribution < -0.4 is 5.73 Å². The van der Waals surface area contributed by atoms with Gasteiger partial charge in [0.1, 0.15) is 0 Å². The third kappa shape index (κ3) is 2.83. The lowest BCUT2D eigenvalue weighted by Gasteiger charge is -2.27.